The summed E-state index contributed by atoms with van der Waals surface area (Å²) in [5.74, 6) is 1.87. The number of carbonyl (C=O) groups excluding carboxylic acids is 1. The van der Waals surface area contributed by atoms with E-state index < -0.39 is 0 Å². The molecule has 4 aromatic rings. The molecule has 0 spiro atoms. The van der Waals surface area contributed by atoms with Gasteiger partial charge in [-0.05, 0) is 74.7 Å². The molecular formula is C24H25N5O. The molecule has 0 bridgehead atoms. The minimum Gasteiger partial charge on any atom is -0.358 e. The molecule has 6 nitrogen and oxygen atoms in total. The predicted molar refractivity (Wildman–Crippen MR) is 119 cm³/mol. The van der Waals surface area contributed by atoms with Gasteiger partial charge in [0, 0.05) is 46.4 Å². The molecule has 0 fully saturated rings. The number of hydrogen-bond acceptors (Lipinski definition) is 3. The Bertz CT molecular complexity index is 1230. The van der Waals surface area contributed by atoms with Crippen molar-refractivity contribution in [1.29, 1.82) is 0 Å². The fourth-order valence-corrected chi connectivity index (χ4v) is 4.21. The first-order valence-electron chi connectivity index (χ1n) is 10.5. The van der Waals surface area contributed by atoms with E-state index in [1.165, 1.54) is 18.4 Å². The van der Waals surface area contributed by atoms with Gasteiger partial charge in [0.1, 0.15) is 5.82 Å². The van der Waals surface area contributed by atoms with Crippen LogP contribution in [-0.2, 0) is 13.0 Å². The van der Waals surface area contributed by atoms with Gasteiger partial charge in [-0.15, -0.1) is 10.2 Å². The molecule has 0 saturated carbocycles. The summed E-state index contributed by atoms with van der Waals surface area (Å²) in [6.07, 6.45) is 4.57. The van der Waals surface area contributed by atoms with Gasteiger partial charge in [-0.3, -0.25) is 4.79 Å². The Kier molecular flexibility index (Phi) is 4.62. The van der Waals surface area contributed by atoms with Crippen molar-refractivity contribution in [3.05, 3.63) is 65.1 Å². The first-order chi connectivity index (χ1) is 14.6. The lowest BCUT2D eigenvalue weighted by Crippen LogP contribution is -2.11. The van der Waals surface area contributed by atoms with Crippen LogP contribution in [0.2, 0.25) is 0 Å². The standard InChI is InChI=1S/C24H25N5O/c1-15-16(2)25-21-12-9-18(14-20(15)21)24(30)26-19-10-7-17(8-11-19)23-28-27-22-6-4-3-5-13-29(22)23/h7-12,14,25H,3-6,13H2,1-2H3,(H,26,30). The number of fused-ring (bicyclic) bond motifs is 2. The number of anilines is 1. The highest BCUT2D eigenvalue weighted by molar-refractivity contribution is 6.06. The summed E-state index contributed by atoms with van der Waals surface area (Å²) in [5, 5.41) is 12.9. The zero-order valence-electron chi connectivity index (χ0n) is 17.3. The average Bonchev–Trinajstić information content (AvgIpc) is 3.18. The van der Waals surface area contributed by atoms with Gasteiger partial charge < -0.3 is 14.9 Å². The van der Waals surface area contributed by atoms with E-state index in [1.54, 1.807) is 0 Å². The molecule has 30 heavy (non-hydrogen) atoms. The molecule has 0 aliphatic carbocycles. The van der Waals surface area contributed by atoms with Crippen LogP contribution in [0.3, 0.4) is 0 Å². The van der Waals surface area contributed by atoms with E-state index in [1.807, 2.05) is 49.4 Å². The Balaban J connectivity index is 1.36. The number of aromatic amines is 1. The fourth-order valence-electron chi connectivity index (χ4n) is 4.21. The second kappa shape index (κ2) is 7.44. The smallest absolute Gasteiger partial charge is 0.255 e. The average molecular weight is 399 g/mol. The van der Waals surface area contributed by atoms with E-state index in [2.05, 4.69) is 32.0 Å². The number of benzene rings is 2. The molecule has 0 unspecified atom stereocenters. The molecule has 2 aromatic heterocycles. The van der Waals surface area contributed by atoms with Gasteiger partial charge in [0.05, 0.1) is 0 Å². The number of hydrogen-bond donors (Lipinski definition) is 2. The summed E-state index contributed by atoms with van der Waals surface area (Å²) >= 11 is 0. The molecule has 152 valence electrons. The SMILES string of the molecule is Cc1[nH]c2ccc(C(=O)Nc3ccc(-c4nnc5n4CCCCC5)cc3)cc2c1C. The highest BCUT2D eigenvalue weighted by atomic mass is 16.1. The van der Waals surface area contributed by atoms with Crippen LogP contribution in [-0.4, -0.2) is 25.7 Å². The van der Waals surface area contributed by atoms with Crippen molar-refractivity contribution >= 4 is 22.5 Å². The Morgan fingerprint density at radius 3 is 2.70 bits per heavy atom. The van der Waals surface area contributed by atoms with Gasteiger partial charge in [-0.2, -0.15) is 0 Å². The lowest BCUT2D eigenvalue weighted by Gasteiger charge is -2.09. The maximum absolute atomic E-state index is 12.8. The quantitative estimate of drug-likeness (QED) is 0.508. The highest BCUT2D eigenvalue weighted by Gasteiger charge is 2.16. The molecule has 2 aromatic carbocycles. The summed E-state index contributed by atoms with van der Waals surface area (Å²) in [7, 11) is 0. The summed E-state index contributed by atoms with van der Waals surface area (Å²) in [4.78, 5) is 16.1. The van der Waals surface area contributed by atoms with Crippen molar-refractivity contribution in [3.8, 4) is 11.4 Å². The zero-order chi connectivity index (χ0) is 20.7. The van der Waals surface area contributed by atoms with Crippen LogP contribution in [0.25, 0.3) is 22.3 Å². The molecule has 1 aliphatic heterocycles. The van der Waals surface area contributed by atoms with Crippen LogP contribution in [0.4, 0.5) is 5.69 Å². The molecular weight excluding hydrogens is 374 g/mol. The lowest BCUT2D eigenvalue weighted by molar-refractivity contribution is 0.102. The number of H-pyrrole nitrogens is 1. The number of nitrogens with one attached hydrogen (secondary N) is 2. The van der Waals surface area contributed by atoms with Gasteiger partial charge in [-0.1, -0.05) is 6.42 Å². The summed E-state index contributed by atoms with van der Waals surface area (Å²) in [6.45, 7) is 5.08. The Hall–Kier alpha value is -3.41. The minimum atomic E-state index is -0.112. The molecule has 5 rings (SSSR count). The third-order valence-corrected chi connectivity index (χ3v) is 6.08. The minimum absolute atomic E-state index is 0.112. The molecule has 0 saturated heterocycles. The van der Waals surface area contributed by atoms with Crippen LogP contribution in [0.1, 0.15) is 46.7 Å². The largest absolute Gasteiger partial charge is 0.358 e. The van der Waals surface area contributed by atoms with Crippen molar-refractivity contribution in [2.45, 2.75) is 46.1 Å². The van der Waals surface area contributed by atoms with E-state index >= 15 is 0 Å². The monoisotopic (exact) mass is 399 g/mol. The molecule has 3 heterocycles. The summed E-state index contributed by atoms with van der Waals surface area (Å²) in [6, 6.07) is 13.6. The second-order valence-corrected chi connectivity index (χ2v) is 8.07. The predicted octanol–water partition coefficient (Wildman–Crippen LogP) is 5.02. The molecule has 2 N–H and O–H groups in total. The third kappa shape index (κ3) is 3.28. The number of carbonyl (C=O) groups is 1. The Labute approximate surface area is 175 Å². The first kappa shape index (κ1) is 18.6. The topological polar surface area (TPSA) is 75.6 Å². The normalized spacial score (nSPS) is 13.8. The van der Waals surface area contributed by atoms with Gasteiger partial charge in [0.2, 0.25) is 0 Å². The molecule has 1 aliphatic rings. The Morgan fingerprint density at radius 1 is 1.03 bits per heavy atom. The highest BCUT2D eigenvalue weighted by Crippen LogP contribution is 2.25. The fraction of sp³-hybridized carbons (Fsp3) is 0.292. The molecule has 6 heteroatoms. The Morgan fingerprint density at radius 2 is 1.87 bits per heavy atom. The maximum Gasteiger partial charge on any atom is 0.255 e. The van der Waals surface area contributed by atoms with Gasteiger partial charge in [-0.25, -0.2) is 0 Å². The van der Waals surface area contributed by atoms with Crippen LogP contribution >= 0.6 is 0 Å². The van der Waals surface area contributed by atoms with Gasteiger partial charge in [0.15, 0.2) is 5.82 Å². The van der Waals surface area contributed by atoms with E-state index in [-0.39, 0.29) is 5.91 Å². The summed E-state index contributed by atoms with van der Waals surface area (Å²) < 4.78 is 2.23. The van der Waals surface area contributed by atoms with E-state index in [9.17, 15) is 4.79 Å². The van der Waals surface area contributed by atoms with E-state index in [0.29, 0.717) is 5.56 Å². The van der Waals surface area contributed by atoms with Crippen LogP contribution in [0.5, 0.6) is 0 Å². The van der Waals surface area contributed by atoms with Crippen molar-refractivity contribution in [1.82, 2.24) is 19.7 Å². The van der Waals surface area contributed by atoms with Crippen molar-refractivity contribution in [3.63, 3.8) is 0 Å². The van der Waals surface area contributed by atoms with Crippen LogP contribution in [0.15, 0.2) is 42.5 Å². The first-order valence-corrected chi connectivity index (χ1v) is 10.5. The maximum atomic E-state index is 12.8. The van der Waals surface area contributed by atoms with Crippen molar-refractivity contribution in [2.75, 3.05) is 5.32 Å². The van der Waals surface area contributed by atoms with Crippen molar-refractivity contribution in [2.24, 2.45) is 0 Å². The second-order valence-electron chi connectivity index (χ2n) is 8.07. The third-order valence-electron chi connectivity index (χ3n) is 6.08. The van der Waals surface area contributed by atoms with Gasteiger partial charge >= 0.3 is 0 Å². The zero-order valence-corrected chi connectivity index (χ0v) is 17.3. The molecule has 1 amide bonds. The molecule has 0 radical (unpaired) electrons. The van der Waals surface area contributed by atoms with Crippen LogP contribution in [0, 0.1) is 13.8 Å². The van der Waals surface area contributed by atoms with E-state index in [0.717, 1.165) is 58.9 Å². The number of aromatic nitrogens is 4. The number of aryl methyl sites for hydroxylation is 3. The number of amides is 1. The summed E-state index contributed by atoms with van der Waals surface area (Å²) in [5.41, 5.74) is 5.80. The lowest BCUT2D eigenvalue weighted by atomic mass is 10.1. The number of rotatable bonds is 3. The van der Waals surface area contributed by atoms with Crippen LogP contribution < -0.4 is 5.32 Å². The molecule has 0 atom stereocenters. The van der Waals surface area contributed by atoms with Gasteiger partial charge in [0.25, 0.3) is 5.91 Å². The number of nitrogens with zero attached hydrogens (tertiary/aromatic N) is 3. The van der Waals surface area contributed by atoms with E-state index in [4.69, 9.17) is 0 Å². The van der Waals surface area contributed by atoms with Crippen molar-refractivity contribution < 1.29 is 4.79 Å².